The van der Waals surface area contributed by atoms with Gasteiger partial charge in [0.2, 0.25) is 0 Å². The second-order valence-electron chi connectivity index (χ2n) is 3.60. The third kappa shape index (κ3) is 2.03. The number of hydrogen-bond acceptors (Lipinski definition) is 4. The Morgan fingerprint density at radius 3 is 2.56 bits per heavy atom. The maximum atomic E-state index is 4.00. The topological polar surface area (TPSA) is 83.1 Å². The van der Waals surface area contributed by atoms with Crippen LogP contribution in [0.5, 0.6) is 0 Å². The van der Waals surface area contributed by atoms with Crippen LogP contribution >= 0.6 is 0 Å². The molecule has 0 aliphatic heterocycles. The molecule has 0 aliphatic rings. The van der Waals surface area contributed by atoms with Crippen molar-refractivity contribution in [3.05, 3.63) is 49.6 Å². The van der Waals surface area contributed by atoms with Crippen molar-refractivity contribution in [2.75, 3.05) is 0 Å². The predicted octanol–water partition coefficient (Wildman–Crippen LogP) is 1.92. The molecule has 4 aromatic heterocycles. The monoisotopic (exact) mass is 238 g/mol. The lowest BCUT2D eigenvalue weighted by atomic mass is 10.4. The highest BCUT2D eigenvalue weighted by Crippen LogP contribution is 2.04. The molecule has 0 aromatic carbocycles. The average molecular weight is 238 g/mol. The van der Waals surface area contributed by atoms with E-state index >= 15 is 0 Å². The van der Waals surface area contributed by atoms with E-state index in [2.05, 4.69) is 29.9 Å². The molecule has 18 heavy (non-hydrogen) atoms. The summed E-state index contributed by atoms with van der Waals surface area (Å²) in [6.07, 6.45) is 10.3. The minimum atomic E-state index is 0.894. The fourth-order valence-corrected chi connectivity index (χ4v) is 1.59. The average Bonchev–Trinajstić information content (AvgIpc) is 3.08. The van der Waals surface area contributed by atoms with E-state index in [0.717, 1.165) is 22.1 Å². The first-order valence-corrected chi connectivity index (χ1v) is 5.40. The van der Waals surface area contributed by atoms with Gasteiger partial charge in [-0.25, -0.2) is 19.9 Å². The highest BCUT2D eigenvalue weighted by molar-refractivity contribution is 5.73. The normalized spacial score (nSPS) is 10.2. The molecule has 88 valence electrons. The first kappa shape index (κ1) is 10.4. The second kappa shape index (κ2) is 4.62. The fourth-order valence-electron chi connectivity index (χ4n) is 1.59. The number of nitrogens with one attached hydrogen (secondary N) is 2. The van der Waals surface area contributed by atoms with Crippen LogP contribution in [0.25, 0.3) is 22.1 Å². The van der Waals surface area contributed by atoms with Crippen molar-refractivity contribution in [1.82, 2.24) is 29.9 Å². The van der Waals surface area contributed by atoms with Crippen LogP contribution in [0, 0.1) is 0 Å². The Kier molecular flexibility index (Phi) is 2.67. The molecular formula is C12H10N6. The fraction of sp³-hybridized carbons (Fsp3) is 0. The summed E-state index contributed by atoms with van der Waals surface area (Å²) < 4.78 is 0. The Balaban J connectivity index is 0.000000111. The number of aromatic nitrogens is 6. The van der Waals surface area contributed by atoms with Crippen LogP contribution in [0.4, 0.5) is 0 Å². The highest BCUT2D eigenvalue weighted by Gasteiger charge is 1.90. The van der Waals surface area contributed by atoms with Crippen molar-refractivity contribution in [3.8, 4) is 0 Å². The van der Waals surface area contributed by atoms with Gasteiger partial charge >= 0.3 is 0 Å². The van der Waals surface area contributed by atoms with Crippen LogP contribution in [0.2, 0.25) is 0 Å². The molecule has 6 nitrogen and oxygen atoms in total. The van der Waals surface area contributed by atoms with Gasteiger partial charge in [0.25, 0.3) is 0 Å². The third-order valence-electron chi connectivity index (χ3n) is 2.45. The number of nitrogens with zero attached hydrogens (tertiary/aromatic N) is 4. The van der Waals surface area contributed by atoms with E-state index in [1.165, 1.54) is 12.7 Å². The summed E-state index contributed by atoms with van der Waals surface area (Å²) >= 11 is 0. The van der Waals surface area contributed by atoms with Crippen molar-refractivity contribution in [2.24, 2.45) is 0 Å². The zero-order valence-corrected chi connectivity index (χ0v) is 9.41. The quantitative estimate of drug-likeness (QED) is 0.490. The van der Waals surface area contributed by atoms with Crippen molar-refractivity contribution in [1.29, 1.82) is 0 Å². The lowest BCUT2D eigenvalue weighted by molar-refractivity contribution is 1.20. The van der Waals surface area contributed by atoms with E-state index in [0.29, 0.717) is 0 Å². The SMILES string of the molecule is c1ncc2[nH]ccc2n1.c1ncc2cc[nH]c2n1. The van der Waals surface area contributed by atoms with Gasteiger partial charge in [0.1, 0.15) is 18.3 Å². The molecule has 0 amide bonds. The van der Waals surface area contributed by atoms with Crippen LogP contribution < -0.4 is 0 Å². The van der Waals surface area contributed by atoms with Gasteiger partial charge in [0.15, 0.2) is 0 Å². The molecule has 0 spiro atoms. The molecule has 0 bridgehead atoms. The lowest BCUT2D eigenvalue weighted by Gasteiger charge is -1.82. The summed E-state index contributed by atoms with van der Waals surface area (Å²) in [4.78, 5) is 21.6. The van der Waals surface area contributed by atoms with E-state index in [4.69, 9.17) is 0 Å². The first-order chi connectivity index (χ1) is 8.93. The maximum Gasteiger partial charge on any atom is 0.140 e. The molecule has 0 unspecified atom stereocenters. The molecule has 0 saturated heterocycles. The molecule has 0 fully saturated rings. The van der Waals surface area contributed by atoms with Gasteiger partial charge in [0, 0.05) is 24.0 Å². The van der Waals surface area contributed by atoms with Gasteiger partial charge in [-0.3, -0.25) is 0 Å². The summed E-state index contributed by atoms with van der Waals surface area (Å²) in [5, 5.41) is 1.05. The molecule has 2 N–H and O–H groups in total. The number of rotatable bonds is 0. The van der Waals surface area contributed by atoms with Gasteiger partial charge in [-0.15, -0.1) is 0 Å². The number of hydrogen-bond donors (Lipinski definition) is 2. The van der Waals surface area contributed by atoms with Crippen molar-refractivity contribution in [3.63, 3.8) is 0 Å². The van der Waals surface area contributed by atoms with Gasteiger partial charge in [-0.1, -0.05) is 0 Å². The second-order valence-corrected chi connectivity index (χ2v) is 3.60. The van der Waals surface area contributed by atoms with Crippen LogP contribution in [0.1, 0.15) is 0 Å². The van der Waals surface area contributed by atoms with E-state index in [1.807, 2.05) is 24.5 Å². The Labute approximate surface area is 102 Å². The van der Waals surface area contributed by atoms with E-state index in [-0.39, 0.29) is 0 Å². The molecule has 0 atom stereocenters. The molecule has 0 aliphatic carbocycles. The summed E-state index contributed by atoms with van der Waals surface area (Å²) in [6.45, 7) is 0. The zero-order valence-electron chi connectivity index (χ0n) is 9.41. The summed E-state index contributed by atoms with van der Waals surface area (Å²) in [6, 6.07) is 3.85. The Hall–Kier alpha value is -2.76. The number of H-pyrrole nitrogens is 2. The molecule has 0 saturated carbocycles. The Bertz CT molecular complexity index is 631. The van der Waals surface area contributed by atoms with Gasteiger partial charge in [-0.2, -0.15) is 0 Å². The van der Waals surface area contributed by atoms with E-state index < -0.39 is 0 Å². The maximum absolute atomic E-state index is 4.00. The van der Waals surface area contributed by atoms with Crippen molar-refractivity contribution >= 4 is 22.1 Å². The number of fused-ring (bicyclic) bond motifs is 2. The molecular weight excluding hydrogens is 228 g/mol. The zero-order chi connectivity index (χ0) is 12.2. The molecule has 4 aromatic rings. The molecule has 0 radical (unpaired) electrons. The smallest absolute Gasteiger partial charge is 0.140 e. The van der Waals surface area contributed by atoms with Crippen LogP contribution in [0.3, 0.4) is 0 Å². The Morgan fingerprint density at radius 2 is 1.67 bits per heavy atom. The summed E-state index contributed by atoms with van der Waals surface area (Å²) in [5.41, 5.74) is 2.84. The summed E-state index contributed by atoms with van der Waals surface area (Å²) in [5.74, 6) is 0. The minimum Gasteiger partial charge on any atom is -0.359 e. The Morgan fingerprint density at radius 1 is 0.833 bits per heavy atom. The molecule has 6 heteroatoms. The molecule has 4 rings (SSSR count). The van der Waals surface area contributed by atoms with Crippen LogP contribution in [-0.4, -0.2) is 29.9 Å². The van der Waals surface area contributed by atoms with Gasteiger partial charge in [-0.05, 0) is 12.1 Å². The van der Waals surface area contributed by atoms with E-state index in [1.54, 1.807) is 12.4 Å². The predicted molar refractivity (Wildman–Crippen MR) is 67.8 cm³/mol. The third-order valence-corrected chi connectivity index (χ3v) is 2.45. The minimum absolute atomic E-state index is 0.894. The van der Waals surface area contributed by atoms with Gasteiger partial charge in [0.05, 0.1) is 17.2 Å². The number of aromatic amines is 2. The molecule has 4 heterocycles. The summed E-state index contributed by atoms with van der Waals surface area (Å²) in [7, 11) is 0. The van der Waals surface area contributed by atoms with Crippen molar-refractivity contribution in [2.45, 2.75) is 0 Å². The van der Waals surface area contributed by atoms with Crippen LogP contribution in [0.15, 0.2) is 49.6 Å². The van der Waals surface area contributed by atoms with Gasteiger partial charge < -0.3 is 9.97 Å². The van der Waals surface area contributed by atoms with E-state index in [9.17, 15) is 0 Å². The standard InChI is InChI=1S/2C6H5N3/c1-2-8-6-3-7-4-9-5(1)6;1-2-8-6-5(1)3-7-4-9-6/h1-4,8H;1-4H,(H,7,8,9). The van der Waals surface area contributed by atoms with Crippen LogP contribution in [-0.2, 0) is 0 Å². The first-order valence-electron chi connectivity index (χ1n) is 5.40. The largest absolute Gasteiger partial charge is 0.359 e. The van der Waals surface area contributed by atoms with Crippen molar-refractivity contribution < 1.29 is 0 Å². The lowest BCUT2D eigenvalue weighted by Crippen LogP contribution is -1.75. The highest BCUT2D eigenvalue weighted by atomic mass is 14.9.